The number of furan rings is 1. The molecule has 0 saturated carbocycles. The monoisotopic (exact) mass is 629 g/mol. The maximum Gasteiger partial charge on any atom is 0.235 e. The Morgan fingerprint density at radius 1 is 0.531 bits per heavy atom. The van der Waals surface area contributed by atoms with Crippen LogP contribution in [0.2, 0.25) is 0 Å². The summed E-state index contributed by atoms with van der Waals surface area (Å²) in [6.45, 7) is 4.63. The summed E-state index contributed by atoms with van der Waals surface area (Å²) >= 11 is 0. The van der Waals surface area contributed by atoms with Crippen molar-refractivity contribution in [2.24, 2.45) is 0 Å². The minimum atomic E-state index is -0.131. The highest BCUT2D eigenvalue weighted by atomic mass is 16.3. The largest absolute Gasteiger partial charge is 0.455 e. The van der Waals surface area contributed by atoms with E-state index in [1.54, 1.807) is 0 Å². The Morgan fingerprint density at radius 2 is 1.29 bits per heavy atom. The van der Waals surface area contributed by atoms with Crippen LogP contribution in [-0.2, 0) is 5.41 Å². The SMILES string of the molecule is CC1(C)c2ccccc2-c2ccc(N(c3ccccc3)c3nc(-c4ccc5oc6c7ccccc7ccc6c5c4)c4ccccc4n3)cc21. The van der Waals surface area contributed by atoms with Gasteiger partial charge in [0.05, 0.1) is 11.2 Å². The first-order valence-electron chi connectivity index (χ1n) is 16.8. The zero-order valence-corrected chi connectivity index (χ0v) is 27.2. The summed E-state index contributed by atoms with van der Waals surface area (Å²) in [5.74, 6) is 0.622. The fourth-order valence-electron chi connectivity index (χ4n) is 7.82. The first-order valence-corrected chi connectivity index (χ1v) is 16.8. The molecule has 0 radical (unpaired) electrons. The number of benzene rings is 7. The zero-order valence-electron chi connectivity index (χ0n) is 27.2. The molecule has 0 fully saturated rings. The predicted molar refractivity (Wildman–Crippen MR) is 202 cm³/mol. The number of aromatic nitrogens is 2. The molecule has 9 aromatic rings. The molecule has 0 N–H and O–H groups in total. The molecule has 0 spiro atoms. The van der Waals surface area contributed by atoms with Crippen molar-refractivity contribution < 1.29 is 4.42 Å². The summed E-state index contributed by atoms with van der Waals surface area (Å²) in [7, 11) is 0. The summed E-state index contributed by atoms with van der Waals surface area (Å²) < 4.78 is 6.46. The average Bonchev–Trinajstić information content (AvgIpc) is 3.64. The molecule has 4 heteroatoms. The van der Waals surface area contributed by atoms with Gasteiger partial charge >= 0.3 is 0 Å². The minimum Gasteiger partial charge on any atom is -0.455 e. The number of anilines is 3. The van der Waals surface area contributed by atoms with Crippen LogP contribution >= 0.6 is 0 Å². The molecule has 7 aromatic carbocycles. The fourth-order valence-corrected chi connectivity index (χ4v) is 7.82. The van der Waals surface area contributed by atoms with Crippen molar-refractivity contribution in [3.63, 3.8) is 0 Å². The van der Waals surface area contributed by atoms with E-state index in [0.717, 1.165) is 60.9 Å². The number of hydrogen-bond donors (Lipinski definition) is 0. The highest BCUT2D eigenvalue weighted by Gasteiger charge is 2.36. The van der Waals surface area contributed by atoms with Crippen LogP contribution in [0.15, 0.2) is 156 Å². The van der Waals surface area contributed by atoms with Crippen LogP contribution in [0, 0.1) is 0 Å². The second-order valence-electron chi connectivity index (χ2n) is 13.4. The van der Waals surface area contributed by atoms with Gasteiger partial charge in [0.2, 0.25) is 5.95 Å². The Bertz CT molecular complexity index is 2760. The topological polar surface area (TPSA) is 42.2 Å². The van der Waals surface area contributed by atoms with E-state index in [1.165, 1.54) is 27.6 Å². The van der Waals surface area contributed by atoms with Crippen molar-refractivity contribution in [1.82, 2.24) is 9.97 Å². The van der Waals surface area contributed by atoms with Gasteiger partial charge in [-0.2, -0.15) is 0 Å². The molecular formula is C45H31N3O. The third kappa shape index (κ3) is 4.17. The summed E-state index contributed by atoms with van der Waals surface area (Å²) in [5, 5.41) is 5.46. The molecule has 232 valence electrons. The van der Waals surface area contributed by atoms with Crippen LogP contribution in [0.4, 0.5) is 17.3 Å². The van der Waals surface area contributed by atoms with Crippen molar-refractivity contribution in [2.45, 2.75) is 19.3 Å². The molecule has 49 heavy (non-hydrogen) atoms. The molecule has 2 aromatic heterocycles. The number of nitrogens with zero attached hydrogens (tertiary/aromatic N) is 3. The highest BCUT2D eigenvalue weighted by Crippen LogP contribution is 2.50. The maximum atomic E-state index is 6.46. The first kappa shape index (κ1) is 27.8. The van der Waals surface area contributed by atoms with Gasteiger partial charge in [-0.25, -0.2) is 9.97 Å². The van der Waals surface area contributed by atoms with Crippen LogP contribution in [-0.4, -0.2) is 9.97 Å². The van der Waals surface area contributed by atoms with Gasteiger partial charge in [0.15, 0.2) is 0 Å². The van der Waals surface area contributed by atoms with E-state index in [1.807, 2.05) is 12.1 Å². The Labute approximate surface area is 283 Å². The van der Waals surface area contributed by atoms with Gasteiger partial charge in [-0.1, -0.05) is 111 Å². The number of rotatable bonds is 4. The molecule has 0 aliphatic heterocycles. The van der Waals surface area contributed by atoms with Gasteiger partial charge in [0, 0.05) is 43.9 Å². The Hall–Kier alpha value is -6.26. The quantitative estimate of drug-likeness (QED) is 0.194. The second-order valence-corrected chi connectivity index (χ2v) is 13.4. The van der Waals surface area contributed by atoms with E-state index in [9.17, 15) is 0 Å². The number of fused-ring (bicyclic) bond motifs is 9. The van der Waals surface area contributed by atoms with Gasteiger partial charge in [-0.15, -0.1) is 0 Å². The van der Waals surface area contributed by atoms with Gasteiger partial charge in [-0.05, 0) is 82.2 Å². The van der Waals surface area contributed by atoms with Gasteiger partial charge in [0.1, 0.15) is 11.2 Å². The van der Waals surface area contributed by atoms with E-state index in [-0.39, 0.29) is 5.41 Å². The van der Waals surface area contributed by atoms with Crippen LogP contribution < -0.4 is 4.90 Å². The Morgan fingerprint density at radius 3 is 2.18 bits per heavy atom. The third-order valence-corrected chi connectivity index (χ3v) is 10.3. The van der Waals surface area contributed by atoms with E-state index < -0.39 is 0 Å². The predicted octanol–water partition coefficient (Wildman–Crippen LogP) is 12.1. The maximum absolute atomic E-state index is 6.46. The minimum absolute atomic E-state index is 0.131. The standard InChI is InChI=1S/C45H31N3O/c1-45(2)38-18-10-8-16-33(38)34-24-22-31(27-39(34)45)48(30-13-4-3-5-14-30)44-46-40-19-11-9-17-36(40)42(47-44)29-21-25-41-37(26-29)35-23-20-28-12-6-7-15-32(28)43(35)49-41/h3-27H,1-2H3. The number of para-hydroxylation sites is 2. The van der Waals surface area contributed by atoms with E-state index in [2.05, 4.69) is 158 Å². The van der Waals surface area contributed by atoms with Crippen molar-refractivity contribution in [2.75, 3.05) is 4.90 Å². The van der Waals surface area contributed by atoms with Crippen molar-refractivity contribution in [3.8, 4) is 22.4 Å². The lowest BCUT2D eigenvalue weighted by Gasteiger charge is -2.27. The molecule has 2 heterocycles. The first-order chi connectivity index (χ1) is 24.0. The molecular weight excluding hydrogens is 599 g/mol. The normalized spacial score (nSPS) is 13.3. The van der Waals surface area contributed by atoms with Gasteiger partial charge in [0.25, 0.3) is 0 Å². The molecule has 0 bridgehead atoms. The third-order valence-electron chi connectivity index (χ3n) is 10.3. The van der Waals surface area contributed by atoms with E-state index >= 15 is 0 Å². The molecule has 0 atom stereocenters. The lowest BCUT2D eigenvalue weighted by Crippen LogP contribution is -2.17. The zero-order chi connectivity index (χ0) is 32.7. The van der Waals surface area contributed by atoms with Crippen LogP contribution in [0.1, 0.15) is 25.0 Å². The summed E-state index contributed by atoms with van der Waals surface area (Å²) in [5.41, 5.74) is 11.7. The van der Waals surface area contributed by atoms with Gasteiger partial charge in [-0.3, -0.25) is 4.90 Å². The molecule has 10 rings (SSSR count). The summed E-state index contributed by atoms with van der Waals surface area (Å²) in [6, 6.07) is 53.4. The van der Waals surface area contributed by atoms with Crippen molar-refractivity contribution in [1.29, 1.82) is 0 Å². The number of hydrogen-bond acceptors (Lipinski definition) is 4. The lowest BCUT2D eigenvalue weighted by molar-refractivity contribution is 0.660. The van der Waals surface area contributed by atoms with Crippen LogP contribution in [0.3, 0.4) is 0 Å². The van der Waals surface area contributed by atoms with E-state index in [4.69, 9.17) is 14.4 Å². The summed E-state index contributed by atoms with van der Waals surface area (Å²) in [6.07, 6.45) is 0. The van der Waals surface area contributed by atoms with Gasteiger partial charge < -0.3 is 4.42 Å². The molecule has 4 nitrogen and oxygen atoms in total. The molecule has 1 aliphatic rings. The lowest BCUT2D eigenvalue weighted by atomic mass is 9.82. The highest BCUT2D eigenvalue weighted by molar-refractivity contribution is 6.15. The van der Waals surface area contributed by atoms with Crippen LogP contribution in [0.25, 0.3) is 66.0 Å². The summed E-state index contributed by atoms with van der Waals surface area (Å²) in [4.78, 5) is 12.8. The van der Waals surface area contributed by atoms with E-state index in [0.29, 0.717) is 5.95 Å². The van der Waals surface area contributed by atoms with Crippen molar-refractivity contribution >= 4 is 60.9 Å². The second kappa shape index (κ2) is 10.4. The molecule has 1 aliphatic carbocycles. The average molecular weight is 630 g/mol. The molecule has 0 unspecified atom stereocenters. The fraction of sp³-hybridized carbons (Fsp3) is 0.0667. The Balaban J connectivity index is 1.19. The smallest absolute Gasteiger partial charge is 0.235 e. The van der Waals surface area contributed by atoms with Crippen LogP contribution in [0.5, 0.6) is 0 Å². The molecule has 0 amide bonds. The molecule has 0 saturated heterocycles. The van der Waals surface area contributed by atoms with Crippen molar-refractivity contribution in [3.05, 3.63) is 163 Å². The Kier molecular flexibility index (Phi) is 5.89.